The molecule has 5 nitrogen and oxygen atoms in total. The van der Waals surface area contributed by atoms with Crippen LogP contribution in [0.25, 0.3) is 11.0 Å². The van der Waals surface area contributed by atoms with Crippen molar-refractivity contribution in [2.75, 3.05) is 5.32 Å². The molecule has 96 valence electrons. The minimum atomic E-state index is 0.247. The van der Waals surface area contributed by atoms with Crippen LogP contribution >= 0.6 is 0 Å². The molecular weight excluding hydrogens is 238 g/mol. The molecule has 3 aromatic heterocycles. The maximum atomic E-state index is 4.51. The molecule has 0 aliphatic carbocycles. The fourth-order valence-corrected chi connectivity index (χ4v) is 2.06. The summed E-state index contributed by atoms with van der Waals surface area (Å²) in [7, 11) is 0. The Morgan fingerprint density at radius 3 is 3.05 bits per heavy atom. The third-order valence-electron chi connectivity index (χ3n) is 2.94. The van der Waals surface area contributed by atoms with Crippen LogP contribution in [0.4, 0.5) is 5.82 Å². The zero-order valence-electron chi connectivity index (χ0n) is 10.7. The van der Waals surface area contributed by atoms with Crippen LogP contribution in [0.2, 0.25) is 0 Å². The lowest BCUT2D eigenvalue weighted by Crippen LogP contribution is -2.19. The molecule has 0 fully saturated rings. The number of nitrogens with zero attached hydrogens (tertiary/aromatic N) is 3. The smallest absolute Gasteiger partial charge is 0.139 e. The van der Waals surface area contributed by atoms with Crippen LogP contribution in [0.3, 0.4) is 0 Å². The molecule has 0 aromatic carbocycles. The molecule has 19 heavy (non-hydrogen) atoms. The fraction of sp³-hybridized carbons (Fsp3) is 0.214. The first-order chi connectivity index (χ1) is 9.31. The Hall–Kier alpha value is -2.43. The Morgan fingerprint density at radius 2 is 2.21 bits per heavy atom. The monoisotopic (exact) mass is 253 g/mol. The minimum absolute atomic E-state index is 0.247. The maximum absolute atomic E-state index is 4.51. The first kappa shape index (κ1) is 11.6. The molecule has 1 atom stereocenters. The normalized spacial score (nSPS) is 12.5. The van der Waals surface area contributed by atoms with E-state index in [9.17, 15) is 0 Å². The maximum Gasteiger partial charge on any atom is 0.139 e. The van der Waals surface area contributed by atoms with Crippen molar-refractivity contribution in [1.82, 2.24) is 19.9 Å². The molecule has 1 unspecified atom stereocenters. The van der Waals surface area contributed by atoms with Gasteiger partial charge in [-0.1, -0.05) is 0 Å². The van der Waals surface area contributed by atoms with Crippen molar-refractivity contribution < 1.29 is 0 Å². The van der Waals surface area contributed by atoms with Gasteiger partial charge in [-0.15, -0.1) is 0 Å². The number of hydrogen-bond acceptors (Lipinski definition) is 4. The van der Waals surface area contributed by atoms with Gasteiger partial charge in [0.05, 0.1) is 5.69 Å². The Kier molecular flexibility index (Phi) is 3.10. The van der Waals surface area contributed by atoms with E-state index in [1.165, 1.54) is 0 Å². The second-order valence-corrected chi connectivity index (χ2v) is 4.56. The standard InChI is InChI=1S/C14H15N5/c1-10(8-12-9-15-6-7-16-12)18-13-3-2-11-4-5-17-14(11)19-13/h2-7,9-10H,8H2,1H3,(H2,17,18,19). The summed E-state index contributed by atoms with van der Waals surface area (Å²) >= 11 is 0. The molecule has 0 aliphatic heterocycles. The Balaban J connectivity index is 1.70. The van der Waals surface area contributed by atoms with Gasteiger partial charge in [0.2, 0.25) is 0 Å². The molecular formula is C14H15N5. The Labute approximate surface area is 111 Å². The zero-order chi connectivity index (χ0) is 13.1. The van der Waals surface area contributed by atoms with Crippen molar-refractivity contribution in [3.05, 3.63) is 48.7 Å². The van der Waals surface area contributed by atoms with Crippen LogP contribution in [-0.4, -0.2) is 26.0 Å². The minimum Gasteiger partial charge on any atom is -0.367 e. The van der Waals surface area contributed by atoms with E-state index in [0.717, 1.165) is 29.0 Å². The van der Waals surface area contributed by atoms with E-state index in [4.69, 9.17) is 0 Å². The highest BCUT2D eigenvalue weighted by atomic mass is 15.0. The lowest BCUT2D eigenvalue weighted by molar-refractivity contribution is 0.761. The lowest BCUT2D eigenvalue weighted by Gasteiger charge is -2.13. The second-order valence-electron chi connectivity index (χ2n) is 4.56. The number of nitrogens with one attached hydrogen (secondary N) is 2. The summed E-state index contributed by atoms with van der Waals surface area (Å²) in [6, 6.07) is 6.30. The number of fused-ring (bicyclic) bond motifs is 1. The average Bonchev–Trinajstić information content (AvgIpc) is 2.87. The van der Waals surface area contributed by atoms with Crippen LogP contribution in [-0.2, 0) is 6.42 Å². The highest BCUT2D eigenvalue weighted by Gasteiger charge is 2.06. The molecule has 0 spiro atoms. The third-order valence-corrected chi connectivity index (χ3v) is 2.94. The SMILES string of the molecule is CC(Cc1cnccn1)Nc1ccc2cc[nH]c2n1. The first-order valence-electron chi connectivity index (χ1n) is 6.27. The number of aromatic nitrogens is 4. The molecule has 2 N–H and O–H groups in total. The van der Waals surface area contributed by atoms with Crippen molar-refractivity contribution in [3.63, 3.8) is 0 Å². The van der Waals surface area contributed by atoms with Gasteiger partial charge in [-0.25, -0.2) is 4.98 Å². The second kappa shape index (κ2) is 5.06. The van der Waals surface area contributed by atoms with Gasteiger partial charge >= 0.3 is 0 Å². The van der Waals surface area contributed by atoms with E-state index >= 15 is 0 Å². The molecule has 0 aliphatic rings. The average molecular weight is 253 g/mol. The van der Waals surface area contributed by atoms with E-state index in [2.05, 4.69) is 38.2 Å². The van der Waals surface area contributed by atoms with Gasteiger partial charge in [-0.3, -0.25) is 9.97 Å². The van der Waals surface area contributed by atoms with Crippen LogP contribution in [0, 0.1) is 0 Å². The fourth-order valence-electron chi connectivity index (χ4n) is 2.06. The van der Waals surface area contributed by atoms with Crippen molar-refractivity contribution in [3.8, 4) is 0 Å². The van der Waals surface area contributed by atoms with E-state index in [0.29, 0.717) is 0 Å². The van der Waals surface area contributed by atoms with Gasteiger partial charge in [0.1, 0.15) is 11.5 Å². The van der Waals surface area contributed by atoms with Crippen molar-refractivity contribution in [2.24, 2.45) is 0 Å². The highest BCUT2D eigenvalue weighted by molar-refractivity contribution is 5.77. The van der Waals surface area contributed by atoms with Crippen molar-refractivity contribution >= 4 is 16.9 Å². The summed E-state index contributed by atoms with van der Waals surface area (Å²) in [5.74, 6) is 0.867. The van der Waals surface area contributed by atoms with Crippen LogP contribution < -0.4 is 5.32 Å². The van der Waals surface area contributed by atoms with Gasteiger partial charge in [0, 0.05) is 42.6 Å². The van der Waals surface area contributed by atoms with Gasteiger partial charge in [0.25, 0.3) is 0 Å². The molecule has 0 saturated heterocycles. The summed E-state index contributed by atoms with van der Waals surface area (Å²) in [6.45, 7) is 2.11. The molecule has 3 rings (SSSR count). The number of rotatable bonds is 4. The van der Waals surface area contributed by atoms with E-state index in [1.54, 1.807) is 18.6 Å². The molecule has 0 amide bonds. The highest BCUT2D eigenvalue weighted by Crippen LogP contribution is 2.14. The van der Waals surface area contributed by atoms with Crippen molar-refractivity contribution in [1.29, 1.82) is 0 Å². The summed E-state index contributed by atoms with van der Waals surface area (Å²) in [5.41, 5.74) is 1.88. The van der Waals surface area contributed by atoms with E-state index in [1.807, 2.05) is 18.3 Å². The van der Waals surface area contributed by atoms with Crippen LogP contribution in [0.5, 0.6) is 0 Å². The van der Waals surface area contributed by atoms with Gasteiger partial charge in [-0.05, 0) is 25.1 Å². The quantitative estimate of drug-likeness (QED) is 0.749. The molecule has 3 heterocycles. The van der Waals surface area contributed by atoms with Crippen molar-refractivity contribution in [2.45, 2.75) is 19.4 Å². The Bertz CT molecular complexity index is 662. The molecule has 0 radical (unpaired) electrons. The molecule has 3 aromatic rings. The number of aromatic amines is 1. The summed E-state index contributed by atoms with van der Waals surface area (Å²) in [6.07, 6.45) is 7.90. The number of anilines is 1. The molecule has 0 saturated carbocycles. The van der Waals surface area contributed by atoms with Crippen LogP contribution in [0.15, 0.2) is 43.0 Å². The largest absolute Gasteiger partial charge is 0.367 e. The first-order valence-corrected chi connectivity index (χ1v) is 6.27. The Morgan fingerprint density at radius 1 is 1.26 bits per heavy atom. The van der Waals surface area contributed by atoms with Gasteiger partial charge in [-0.2, -0.15) is 0 Å². The summed E-state index contributed by atoms with van der Waals surface area (Å²) < 4.78 is 0. The number of pyridine rings is 1. The predicted octanol–water partition coefficient (Wildman–Crippen LogP) is 2.40. The van der Waals surface area contributed by atoms with Gasteiger partial charge < -0.3 is 10.3 Å². The molecule has 0 bridgehead atoms. The lowest BCUT2D eigenvalue weighted by atomic mass is 10.2. The number of H-pyrrole nitrogens is 1. The predicted molar refractivity (Wildman–Crippen MR) is 74.9 cm³/mol. The van der Waals surface area contributed by atoms with E-state index in [-0.39, 0.29) is 6.04 Å². The zero-order valence-corrected chi connectivity index (χ0v) is 10.7. The topological polar surface area (TPSA) is 66.5 Å². The summed E-state index contributed by atoms with van der Waals surface area (Å²) in [4.78, 5) is 16.0. The molecule has 5 heteroatoms. The van der Waals surface area contributed by atoms with Crippen LogP contribution in [0.1, 0.15) is 12.6 Å². The summed E-state index contributed by atoms with van der Waals surface area (Å²) in [5, 5.41) is 4.49. The number of hydrogen-bond donors (Lipinski definition) is 2. The van der Waals surface area contributed by atoms with Gasteiger partial charge in [0.15, 0.2) is 0 Å². The van der Waals surface area contributed by atoms with E-state index < -0.39 is 0 Å². The third kappa shape index (κ3) is 2.70.